The Morgan fingerprint density at radius 1 is 1.43 bits per heavy atom. The van der Waals surface area contributed by atoms with Crippen LogP contribution in [0.25, 0.3) is 5.70 Å². The molecule has 0 N–H and O–H groups in total. The maximum atomic E-state index is 4.28. The van der Waals surface area contributed by atoms with Gasteiger partial charge < -0.3 is 0 Å². The van der Waals surface area contributed by atoms with Gasteiger partial charge in [0, 0.05) is 17.8 Å². The smallest absolute Gasteiger partial charge is 0.0516 e. The molecule has 0 unspecified atom stereocenters. The molecule has 1 aromatic rings. The lowest BCUT2D eigenvalue weighted by Crippen LogP contribution is -2.13. The van der Waals surface area contributed by atoms with Crippen molar-refractivity contribution in [2.45, 2.75) is 27.2 Å². The standard InChI is InChI=1S/C12H16N2/c1-4-10-8-11(12(2,3)9-10)14-7-5-6-13-14/h5-9H,4H2,1-3H3. The SMILES string of the molecule is CCC1=CC(C)(C)C(n2cccn2)=C1. The molecule has 0 spiro atoms. The highest BCUT2D eigenvalue weighted by atomic mass is 15.3. The topological polar surface area (TPSA) is 17.8 Å². The van der Waals surface area contributed by atoms with Crippen molar-refractivity contribution >= 4 is 5.70 Å². The molecule has 0 saturated carbocycles. The Kier molecular flexibility index (Phi) is 2.06. The summed E-state index contributed by atoms with van der Waals surface area (Å²) in [5, 5.41) is 4.28. The molecule has 2 rings (SSSR count). The highest BCUT2D eigenvalue weighted by molar-refractivity contribution is 5.63. The Morgan fingerprint density at radius 3 is 2.71 bits per heavy atom. The van der Waals surface area contributed by atoms with Crippen LogP contribution in [0.5, 0.6) is 0 Å². The molecule has 14 heavy (non-hydrogen) atoms. The van der Waals surface area contributed by atoms with Gasteiger partial charge in [0.1, 0.15) is 0 Å². The van der Waals surface area contributed by atoms with Crippen molar-refractivity contribution in [3.05, 3.63) is 36.2 Å². The second-order valence-electron chi connectivity index (χ2n) is 4.27. The molecule has 74 valence electrons. The maximum Gasteiger partial charge on any atom is 0.0516 e. The minimum Gasteiger partial charge on any atom is -0.244 e. The summed E-state index contributed by atoms with van der Waals surface area (Å²) in [7, 11) is 0. The van der Waals surface area contributed by atoms with E-state index >= 15 is 0 Å². The molecular formula is C12H16N2. The van der Waals surface area contributed by atoms with Crippen molar-refractivity contribution in [3.63, 3.8) is 0 Å². The average Bonchev–Trinajstić information content (AvgIpc) is 2.70. The molecule has 0 amide bonds. The van der Waals surface area contributed by atoms with Crippen LogP contribution in [0, 0.1) is 5.41 Å². The second kappa shape index (κ2) is 3.12. The van der Waals surface area contributed by atoms with Gasteiger partial charge in [-0.15, -0.1) is 0 Å². The fourth-order valence-electron chi connectivity index (χ4n) is 1.92. The first kappa shape index (κ1) is 9.25. The van der Waals surface area contributed by atoms with Gasteiger partial charge in [-0.2, -0.15) is 5.10 Å². The number of hydrogen-bond acceptors (Lipinski definition) is 1. The summed E-state index contributed by atoms with van der Waals surface area (Å²) in [6, 6.07) is 1.96. The van der Waals surface area contributed by atoms with Crippen molar-refractivity contribution < 1.29 is 0 Å². The molecule has 2 heteroatoms. The Bertz CT molecular complexity index is 380. The molecule has 0 radical (unpaired) electrons. The molecule has 2 nitrogen and oxygen atoms in total. The molecule has 0 aromatic carbocycles. The zero-order valence-corrected chi connectivity index (χ0v) is 8.99. The van der Waals surface area contributed by atoms with E-state index in [-0.39, 0.29) is 5.41 Å². The van der Waals surface area contributed by atoms with E-state index in [9.17, 15) is 0 Å². The summed E-state index contributed by atoms with van der Waals surface area (Å²) in [6.45, 7) is 6.64. The Labute approximate surface area is 84.9 Å². The van der Waals surface area contributed by atoms with Gasteiger partial charge in [0.05, 0.1) is 5.70 Å². The van der Waals surface area contributed by atoms with E-state index in [0.29, 0.717) is 0 Å². The fourth-order valence-corrected chi connectivity index (χ4v) is 1.92. The van der Waals surface area contributed by atoms with Crippen molar-refractivity contribution in [1.82, 2.24) is 9.78 Å². The fraction of sp³-hybridized carbons (Fsp3) is 0.417. The molecule has 1 aliphatic carbocycles. The third-order valence-corrected chi connectivity index (χ3v) is 2.69. The quantitative estimate of drug-likeness (QED) is 0.697. The number of hydrogen-bond donors (Lipinski definition) is 0. The molecule has 1 heterocycles. The van der Waals surface area contributed by atoms with Gasteiger partial charge in [-0.1, -0.05) is 26.8 Å². The normalized spacial score (nSPS) is 19.4. The lowest BCUT2D eigenvalue weighted by atomic mass is 9.92. The first-order chi connectivity index (χ1) is 6.63. The van der Waals surface area contributed by atoms with E-state index in [1.165, 1.54) is 11.3 Å². The van der Waals surface area contributed by atoms with E-state index in [4.69, 9.17) is 0 Å². The van der Waals surface area contributed by atoms with Gasteiger partial charge in [0.15, 0.2) is 0 Å². The van der Waals surface area contributed by atoms with Crippen LogP contribution in [0.15, 0.2) is 36.2 Å². The van der Waals surface area contributed by atoms with Crippen LogP contribution in [-0.4, -0.2) is 9.78 Å². The lowest BCUT2D eigenvalue weighted by Gasteiger charge is -2.20. The van der Waals surface area contributed by atoms with Crippen molar-refractivity contribution in [2.24, 2.45) is 5.41 Å². The third-order valence-electron chi connectivity index (χ3n) is 2.69. The van der Waals surface area contributed by atoms with E-state index < -0.39 is 0 Å². The first-order valence-corrected chi connectivity index (χ1v) is 5.07. The average molecular weight is 188 g/mol. The third kappa shape index (κ3) is 1.41. The highest BCUT2D eigenvalue weighted by Crippen LogP contribution is 2.39. The highest BCUT2D eigenvalue weighted by Gasteiger charge is 2.27. The molecule has 0 aliphatic heterocycles. The summed E-state index contributed by atoms with van der Waals surface area (Å²) in [6.07, 6.45) is 9.48. The molecule has 0 fully saturated rings. The molecular weight excluding hydrogens is 172 g/mol. The van der Waals surface area contributed by atoms with E-state index in [1.807, 2.05) is 23.1 Å². The van der Waals surface area contributed by atoms with Gasteiger partial charge in [0.2, 0.25) is 0 Å². The van der Waals surface area contributed by atoms with Crippen LogP contribution >= 0.6 is 0 Å². The molecule has 1 aliphatic rings. The molecule has 0 atom stereocenters. The Balaban J connectivity index is 2.40. The van der Waals surface area contributed by atoms with Crippen LogP contribution in [0.2, 0.25) is 0 Å². The lowest BCUT2D eigenvalue weighted by molar-refractivity contribution is 0.604. The van der Waals surface area contributed by atoms with Crippen LogP contribution < -0.4 is 0 Å². The molecule has 0 bridgehead atoms. The van der Waals surface area contributed by atoms with E-state index in [0.717, 1.165) is 6.42 Å². The van der Waals surface area contributed by atoms with Crippen LogP contribution in [0.3, 0.4) is 0 Å². The van der Waals surface area contributed by atoms with E-state index in [1.54, 1.807) is 0 Å². The largest absolute Gasteiger partial charge is 0.244 e. The number of allylic oxidation sites excluding steroid dienone is 4. The predicted octanol–water partition coefficient (Wildman–Crippen LogP) is 3.10. The summed E-state index contributed by atoms with van der Waals surface area (Å²) in [5.74, 6) is 0. The summed E-state index contributed by atoms with van der Waals surface area (Å²) in [5.41, 5.74) is 2.78. The van der Waals surface area contributed by atoms with Gasteiger partial charge >= 0.3 is 0 Å². The monoisotopic (exact) mass is 188 g/mol. The van der Waals surface area contributed by atoms with Crippen LogP contribution in [0.1, 0.15) is 27.2 Å². The molecule has 1 aromatic heterocycles. The Morgan fingerprint density at radius 2 is 2.21 bits per heavy atom. The summed E-state index contributed by atoms with van der Waals surface area (Å²) >= 11 is 0. The van der Waals surface area contributed by atoms with Crippen molar-refractivity contribution in [2.75, 3.05) is 0 Å². The zero-order chi connectivity index (χ0) is 10.2. The minimum absolute atomic E-state index is 0.108. The molecule has 0 saturated heterocycles. The maximum absolute atomic E-state index is 4.28. The van der Waals surface area contributed by atoms with Crippen molar-refractivity contribution in [1.29, 1.82) is 0 Å². The number of nitrogens with zero attached hydrogens (tertiary/aromatic N) is 2. The van der Waals surface area contributed by atoms with Crippen LogP contribution in [0.4, 0.5) is 0 Å². The van der Waals surface area contributed by atoms with Gasteiger partial charge in [0.25, 0.3) is 0 Å². The summed E-state index contributed by atoms with van der Waals surface area (Å²) < 4.78 is 1.96. The van der Waals surface area contributed by atoms with Crippen LogP contribution in [-0.2, 0) is 0 Å². The predicted molar refractivity (Wildman–Crippen MR) is 58.7 cm³/mol. The van der Waals surface area contributed by atoms with Crippen molar-refractivity contribution in [3.8, 4) is 0 Å². The number of rotatable bonds is 2. The number of aromatic nitrogens is 2. The van der Waals surface area contributed by atoms with E-state index in [2.05, 4.69) is 38.0 Å². The zero-order valence-electron chi connectivity index (χ0n) is 8.99. The van der Waals surface area contributed by atoms with Gasteiger partial charge in [-0.05, 0) is 24.1 Å². The summed E-state index contributed by atoms with van der Waals surface area (Å²) in [4.78, 5) is 0. The first-order valence-electron chi connectivity index (χ1n) is 5.07. The minimum atomic E-state index is 0.108. The van der Waals surface area contributed by atoms with Gasteiger partial charge in [-0.25, -0.2) is 4.68 Å². The Hall–Kier alpha value is -1.31. The second-order valence-corrected chi connectivity index (χ2v) is 4.27. The van der Waals surface area contributed by atoms with Gasteiger partial charge in [-0.3, -0.25) is 0 Å².